The molecule has 0 unspecified atom stereocenters. The van der Waals surface area contributed by atoms with Gasteiger partial charge >= 0.3 is 0 Å². The van der Waals surface area contributed by atoms with Crippen molar-refractivity contribution in [3.63, 3.8) is 0 Å². The minimum Gasteiger partial charge on any atom is -0.391 e. The number of aliphatic hydroxyl groups is 1. The van der Waals surface area contributed by atoms with Gasteiger partial charge in [0.05, 0.1) is 23.2 Å². The molecule has 1 aromatic heterocycles. The van der Waals surface area contributed by atoms with E-state index in [0.717, 1.165) is 16.9 Å². The van der Waals surface area contributed by atoms with Crippen molar-refractivity contribution >= 4 is 34.4 Å². The summed E-state index contributed by atoms with van der Waals surface area (Å²) in [6, 6.07) is 5.27. The third kappa shape index (κ3) is 5.08. The lowest BCUT2D eigenvalue weighted by molar-refractivity contribution is -0.131. The molecule has 1 saturated heterocycles. The van der Waals surface area contributed by atoms with E-state index in [1.807, 2.05) is 43.7 Å². The predicted octanol–water partition coefficient (Wildman–Crippen LogP) is 2.28. The van der Waals surface area contributed by atoms with E-state index < -0.39 is 6.10 Å². The first-order valence-electron chi connectivity index (χ1n) is 10.1. The Bertz CT molecular complexity index is 895. The van der Waals surface area contributed by atoms with Gasteiger partial charge in [-0.1, -0.05) is 25.4 Å². The molecular formula is C21H29ClN4O3. The fourth-order valence-corrected chi connectivity index (χ4v) is 3.85. The molecule has 2 amide bonds. The van der Waals surface area contributed by atoms with Crippen molar-refractivity contribution in [1.82, 2.24) is 19.8 Å². The van der Waals surface area contributed by atoms with E-state index in [1.54, 1.807) is 4.90 Å². The second kappa shape index (κ2) is 9.13. The fraction of sp³-hybridized carbons (Fsp3) is 0.571. The van der Waals surface area contributed by atoms with Gasteiger partial charge in [0.25, 0.3) is 0 Å². The summed E-state index contributed by atoms with van der Waals surface area (Å²) in [5.74, 6) is 0.674. The number of likely N-dealkylation sites (tertiary alicyclic amines) is 1. The van der Waals surface area contributed by atoms with Crippen LogP contribution >= 0.6 is 11.6 Å². The number of fused-ring (bicyclic) bond motifs is 1. The Balaban J connectivity index is 1.58. The van der Waals surface area contributed by atoms with Crippen LogP contribution in [0.4, 0.5) is 0 Å². The van der Waals surface area contributed by atoms with Gasteiger partial charge in [0.15, 0.2) is 0 Å². The van der Waals surface area contributed by atoms with Gasteiger partial charge in [0.2, 0.25) is 11.8 Å². The summed E-state index contributed by atoms with van der Waals surface area (Å²) in [4.78, 5) is 31.1. The van der Waals surface area contributed by atoms with Crippen LogP contribution in [-0.2, 0) is 23.1 Å². The van der Waals surface area contributed by atoms with E-state index in [4.69, 9.17) is 11.6 Å². The minimum atomic E-state index is -0.639. The zero-order valence-corrected chi connectivity index (χ0v) is 17.9. The van der Waals surface area contributed by atoms with Gasteiger partial charge in [-0.2, -0.15) is 0 Å². The molecule has 8 heteroatoms. The molecule has 0 aliphatic carbocycles. The third-order valence-electron chi connectivity index (χ3n) is 5.57. The molecule has 1 aliphatic rings. The first-order valence-corrected chi connectivity index (χ1v) is 10.5. The third-order valence-corrected chi connectivity index (χ3v) is 5.81. The van der Waals surface area contributed by atoms with Gasteiger partial charge < -0.3 is 19.9 Å². The molecule has 2 heterocycles. The second-order valence-electron chi connectivity index (χ2n) is 8.02. The number of aliphatic hydroxyl groups excluding tert-OH is 1. The van der Waals surface area contributed by atoms with Crippen molar-refractivity contribution in [2.24, 2.45) is 13.0 Å². The van der Waals surface area contributed by atoms with Crippen LogP contribution in [0.3, 0.4) is 0 Å². The van der Waals surface area contributed by atoms with Crippen LogP contribution in [0.25, 0.3) is 11.0 Å². The van der Waals surface area contributed by atoms with Gasteiger partial charge in [-0.3, -0.25) is 9.59 Å². The normalized spacial score (nSPS) is 20.1. The molecule has 7 nitrogen and oxygen atoms in total. The number of hydrogen-bond acceptors (Lipinski definition) is 4. The average Bonchev–Trinajstić information content (AvgIpc) is 2.86. The molecule has 0 spiro atoms. The van der Waals surface area contributed by atoms with Gasteiger partial charge in [0.1, 0.15) is 5.82 Å². The lowest BCUT2D eigenvalue weighted by atomic mass is 10.1. The summed E-state index contributed by atoms with van der Waals surface area (Å²) in [5.41, 5.74) is 1.81. The van der Waals surface area contributed by atoms with Gasteiger partial charge in [-0.25, -0.2) is 4.98 Å². The fourth-order valence-electron chi connectivity index (χ4n) is 3.68. The average molecular weight is 421 g/mol. The Morgan fingerprint density at radius 3 is 2.76 bits per heavy atom. The van der Waals surface area contributed by atoms with E-state index in [1.165, 1.54) is 0 Å². The zero-order valence-electron chi connectivity index (χ0n) is 17.2. The number of nitrogens with one attached hydrogen (secondary N) is 1. The number of aromatic nitrogens is 2. The molecule has 0 bridgehead atoms. The van der Waals surface area contributed by atoms with Crippen LogP contribution in [0, 0.1) is 5.92 Å². The number of carbonyl (C=O) groups is 2. The van der Waals surface area contributed by atoms with Gasteiger partial charge in [0, 0.05) is 43.9 Å². The van der Waals surface area contributed by atoms with Crippen molar-refractivity contribution in [2.45, 2.75) is 51.7 Å². The van der Waals surface area contributed by atoms with Gasteiger partial charge in [-0.15, -0.1) is 0 Å². The molecule has 2 aromatic rings. The second-order valence-corrected chi connectivity index (χ2v) is 8.45. The number of rotatable bonds is 5. The standard InChI is InChI=1S/C21H29ClN4O3/c1-13(2)21(29)24-15-8-10-26(11-9-18(15)27)20(28)7-6-19-23-16-12-14(22)4-5-17(16)25(19)3/h4-5,12-13,15,18,27H,6-11H2,1-3H3,(H,24,29)/t15-,18-/m0/s1. The van der Waals surface area contributed by atoms with E-state index in [2.05, 4.69) is 10.3 Å². The van der Waals surface area contributed by atoms with Crippen LogP contribution in [0.1, 0.15) is 38.9 Å². The highest BCUT2D eigenvalue weighted by atomic mass is 35.5. The first-order chi connectivity index (χ1) is 13.8. The first kappa shape index (κ1) is 21.6. The lowest BCUT2D eigenvalue weighted by Gasteiger charge is -2.22. The van der Waals surface area contributed by atoms with Crippen LogP contribution in [0.2, 0.25) is 5.02 Å². The largest absolute Gasteiger partial charge is 0.391 e. The Hall–Kier alpha value is -2.12. The molecule has 3 rings (SSSR count). The number of imidazole rings is 1. The molecule has 158 valence electrons. The zero-order chi connectivity index (χ0) is 21.1. The number of halogens is 1. The summed E-state index contributed by atoms with van der Waals surface area (Å²) < 4.78 is 1.99. The number of nitrogens with zero attached hydrogens (tertiary/aromatic N) is 3. The van der Waals surface area contributed by atoms with Crippen LogP contribution in [0.5, 0.6) is 0 Å². The Morgan fingerprint density at radius 1 is 1.31 bits per heavy atom. The summed E-state index contributed by atoms with van der Waals surface area (Å²) in [6.07, 6.45) is 1.26. The monoisotopic (exact) mass is 420 g/mol. The van der Waals surface area contributed by atoms with Crippen molar-refractivity contribution < 1.29 is 14.7 Å². The summed E-state index contributed by atoms with van der Waals surface area (Å²) in [5, 5.41) is 13.9. The van der Waals surface area contributed by atoms with Gasteiger partial charge in [-0.05, 0) is 31.0 Å². The maximum absolute atomic E-state index is 12.7. The summed E-state index contributed by atoms with van der Waals surface area (Å²) in [6.45, 7) is 4.66. The number of hydrogen-bond donors (Lipinski definition) is 2. The number of aryl methyl sites for hydroxylation is 2. The minimum absolute atomic E-state index is 0.0399. The highest BCUT2D eigenvalue weighted by Crippen LogP contribution is 2.21. The molecular weight excluding hydrogens is 392 g/mol. The number of carbonyl (C=O) groups excluding carboxylic acids is 2. The smallest absolute Gasteiger partial charge is 0.223 e. The van der Waals surface area contributed by atoms with Crippen molar-refractivity contribution in [2.75, 3.05) is 13.1 Å². The van der Waals surface area contributed by atoms with Crippen LogP contribution in [-0.4, -0.2) is 56.6 Å². The molecule has 0 saturated carbocycles. The highest BCUT2D eigenvalue weighted by molar-refractivity contribution is 6.31. The van der Waals surface area contributed by atoms with E-state index in [0.29, 0.717) is 43.8 Å². The number of benzene rings is 1. The van der Waals surface area contributed by atoms with Crippen LogP contribution in [0.15, 0.2) is 18.2 Å². The summed E-state index contributed by atoms with van der Waals surface area (Å²) in [7, 11) is 1.94. The van der Waals surface area contributed by atoms with Crippen molar-refractivity contribution in [1.29, 1.82) is 0 Å². The maximum atomic E-state index is 12.7. The quantitative estimate of drug-likeness (QED) is 0.776. The molecule has 0 radical (unpaired) electrons. The SMILES string of the molecule is CC(C)C(=O)N[C@H]1CCN(C(=O)CCc2nc3cc(Cl)ccc3n2C)CC[C@@H]1O. The van der Waals surface area contributed by atoms with E-state index >= 15 is 0 Å². The molecule has 2 N–H and O–H groups in total. The molecule has 1 aromatic carbocycles. The Kier molecular flexibility index (Phi) is 6.80. The predicted molar refractivity (Wildman–Crippen MR) is 113 cm³/mol. The van der Waals surface area contributed by atoms with Crippen molar-refractivity contribution in [3.05, 3.63) is 29.0 Å². The Morgan fingerprint density at radius 2 is 2.03 bits per heavy atom. The number of amides is 2. The maximum Gasteiger partial charge on any atom is 0.223 e. The van der Waals surface area contributed by atoms with E-state index in [9.17, 15) is 14.7 Å². The topological polar surface area (TPSA) is 87.5 Å². The molecule has 29 heavy (non-hydrogen) atoms. The van der Waals surface area contributed by atoms with E-state index in [-0.39, 0.29) is 23.8 Å². The highest BCUT2D eigenvalue weighted by Gasteiger charge is 2.28. The molecule has 1 fully saturated rings. The van der Waals surface area contributed by atoms with Crippen molar-refractivity contribution in [3.8, 4) is 0 Å². The molecule has 1 aliphatic heterocycles. The van der Waals surface area contributed by atoms with Crippen LogP contribution < -0.4 is 5.32 Å². The summed E-state index contributed by atoms with van der Waals surface area (Å²) >= 11 is 6.04. The molecule has 2 atom stereocenters. The Labute approximate surface area is 176 Å². The lowest BCUT2D eigenvalue weighted by Crippen LogP contribution is -2.44.